The van der Waals surface area contributed by atoms with Gasteiger partial charge in [-0.2, -0.15) is 0 Å². The van der Waals surface area contributed by atoms with Gasteiger partial charge in [-0.1, -0.05) is 65.3 Å². The maximum absolute atomic E-state index is 4.21. The lowest BCUT2D eigenvalue weighted by Gasteiger charge is -2.59. The summed E-state index contributed by atoms with van der Waals surface area (Å²) in [5.41, 5.74) is 4.49. The monoisotopic (exact) mass is 300 g/mol. The standard InChI is InChI=1S/2C11H18/c1-7-5-9-6-10(8(7)2)11(9,3)4;1-4-8-5-6-9-7-10(8)11(9,2)3/h7,9-10H,2,5-6H2,1,3-4H3;5,9-10H,4,6-7H2,1-3H3/t7-,9-,10-;9-,10-/m11/s1. The molecular formula is C22H36. The third-order valence-electron chi connectivity index (χ3n) is 8.18. The minimum Gasteiger partial charge on any atom is -0.0993 e. The minimum atomic E-state index is 0.587. The number of allylic oxidation sites excluding steroid dienone is 3. The lowest BCUT2D eigenvalue weighted by Crippen LogP contribution is -2.51. The van der Waals surface area contributed by atoms with E-state index in [9.17, 15) is 0 Å². The molecule has 22 heavy (non-hydrogen) atoms. The van der Waals surface area contributed by atoms with E-state index in [2.05, 4.69) is 54.2 Å². The van der Waals surface area contributed by atoms with Crippen LogP contribution < -0.4 is 0 Å². The Kier molecular flexibility index (Phi) is 3.90. The average molecular weight is 301 g/mol. The van der Waals surface area contributed by atoms with Crippen LogP contribution in [0.3, 0.4) is 0 Å². The Balaban J connectivity index is 0.000000131. The second-order valence-corrected chi connectivity index (χ2v) is 9.69. The molecule has 4 fully saturated rings. The number of rotatable bonds is 1. The highest BCUT2D eigenvalue weighted by atomic mass is 14.6. The molecule has 0 saturated heterocycles. The van der Waals surface area contributed by atoms with Crippen LogP contribution in [0.5, 0.6) is 0 Å². The zero-order chi connectivity index (χ0) is 16.3. The smallest absolute Gasteiger partial charge is 0.0146 e. The molecule has 0 unspecified atom stereocenters. The van der Waals surface area contributed by atoms with E-state index in [-0.39, 0.29) is 0 Å². The minimum absolute atomic E-state index is 0.587. The summed E-state index contributed by atoms with van der Waals surface area (Å²) in [5.74, 6) is 4.57. The molecule has 124 valence electrons. The van der Waals surface area contributed by atoms with Crippen LogP contribution in [0.2, 0.25) is 0 Å². The van der Waals surface area contributed by atoms with Crippen molar-refractivity contribution >= 4 is 0 Å². The zero-order valence-corrected chi connectivity index (χ0v) is 15.7. The predicted octanol–water partition coefficient (Wildman–Crippen LogP) is 6.63. The SMILES string of the molecule is C=C1[C@H](C)C[C@@H]2C[C@H]1C2(C)C.CCC1=CC[C@@H]2C[C@H]1C2(C)C. The van der Waals surface area contributed by atoms with Crippen LogP contribution >= 0.6 is 0 Å². The van der Waals surface area contributed by atoms with Crippen LogP contribution in [-0.4, -0.2) is 0 Å². The highest BCUT2D eigenvalue weighted by Crippen LogP contribution is 2.62. The highest BCUT2D eigenvalue weighted by molar-refractivity contribution is 5.23. The van der Waals surface area contributed by atoms with Gasteiger partial charge in [-0.25, -0.2) is 0 Å². The molecule has 5 atom stereocenters. The van der Waals surface area contributed by atoms with E-state index >= 15 is 0 Å². The summed E-state index contributed by atoms with van der Waals surface area (Å²) in [7, 11) is 0. The van der Waals surface area contributed by atoms with E-state index in [1.165, 1.54) is 37.7 Å². The first-order valence-electron chi connectivity index (χ1n) is 9.57. The van der Waals surface area contributed by atoms with Crippen LogP contribution in [0.15, 0.2) is 23.8 Å². The van der Waals surface area contributed by atoms with Gasteiger partial charge in [0.2, 0.25) is 0 Å². The van der Waals surface area contributed by atoms with Crippen LogP contribution in [0.25, 0.3) is 0 Å². The quantitative estimate of drug-likeness (QED) is 0.476. The van der Waals surface area contributed by atoms with Gasteiger partial charge in [0, 0.05) is 0 Å². The molecule has 0 aromatic carbocycles. The summed E-state index contributed by atoms with van der Waals surface area (Å²) < 4.78 is 0. The first kappa shape index (κ1) is 16.3. The zero-order valence-electron chi connectivity index (χ0n) is 15.7. The van der Waals surface area contributed by atoms with Gasteiger partial charge in [0.05, 0.1) is 0 Å². The molecule has 6 aliphatic carbocycles. The molecule has 0 aliphatic heterocycles. The molecule has 0 radical (unpaired) electrons. The molecule has 0 heterocycles. The average Bonchev–Trinajstić information content (AvgIpc) is 2.49. The van der Waals surface area contributed by atoms with Crippen molar-refractivity contribution in [3.05, 3.63) is 23.8 Å². The van der Waals surface area contributed by atoms with E-state index in [0.717, 1.165) is 29.6 Å². The van der Waals surface area contributed by atoms with Crippen molar-refractivity contribution in [2.45, 2.75) is 73.6 Å². The lowest BCUT2D eigenvalue weighted by molar-refractivity contribution is -0.0438. The molecule has 4 saturated carbocycles. The van der Waals surface area contributed by atoms with Crippen molar-refractivity contribution in [3.63, 3.8) is 0 Å². The molecule has 0 aromatic heterocycles. The summed E-state index contributed by atoms with van der Waals surface area (Å²) in [6, 6.07) is 0. The van der Waals surface area contributed by atoms with E-state index in [4.69, 9.17) is 0 Å². The van der Waals surface area contributed by atoms with E-state index < -0.39 is 0 Å². The first-order valence-corrected chi connectivity index (χ1v) is 9.57. The third-order valence-corrected chi connectivity index (χ3v) is 8.18. The normalized spacial score (nSPS) is 43.1. The Hall–Kier alpha value is -0.520. The van der Waals surface area contributed by atoms with Gasteiger partial charge >= 0.3 is 0 Å². The maximum Gasteiger partial charge on any atom is -0.0146 e. The fourth-order valence-corrected chi connectivity index (χ4v) is 5.84. The molecule has 6 aliphatic rings. The molecule has 0 spiro atoms. The number of fused-ring (bicyclic) bond motifs is 3. The highest BCUT2D eigenvalue weighted by Gasteiger charge is 2.53. The van der Waals surface area contributed by atoms with Gasteiger partial charge in [-0.15, -0.1) is 0 Å². The second-order valence-electron chi connectivity index (χ2n) is 9.69. The fourth-order valence-electron chi connectivity index (χ4n) is 5.84. The molecular weight excluding hydrogens is 264 g/mol. The first-order chi connectivity index (χ1) is 10.2. The van der Waals surface area contributed by atoms with Crippen molar-refractivity contribution in [2.75, 3.05) is 0 Å². The molecule has 0 heteroatoms. The van der Waals surface area contributed by atoms with Gasteiger partial charge in [0.1, 0.15) is 0 Å². The Morgan fingerprint density at radius 2 is 1.59 bits per heavy atom. The Labute approximate surface area is 138 Å². The van der Waals surface area contributed by atoms with E-state index in [0.29, 0.717) is 10.8 Å². The molecule has 0 amide bonds. The summed E-state index contributed by atoms with van der Waals surface area (Å²) in [5, 5.41) is 0. The van der Waals surface area contributed by atoms with Crippen molar-refractivity contribution in [3.8, 4) is 0 Å². The number of hydrogen-bond acceptors (Lipinski definition) is 0. The molecule has 0 aromatic rings. The summed E-state index contributed by atoms with van der Waals surface area (Å²) in [6.45, 7) is 18.5. The topological polar surface area (TPSA) is 0 Å². The fraction of sp³-hybridized carbons (Fsp3) is 0.818. The van der Waals surface area contributed by atoms with Crippen molar-refractivity contribution < 1.29 is 0 Å². The molecule has 0 nitrogen and oxygen atoms in total. The molecule has 4 bridgehead atoms. The van der Waals surface area contributed by atoms with Crippen LogP contribution in [0.1, 0.15) is 73.6 Å². The summed E-state index contributed by atoms with van der Waals surface area (Å²) >= 11 is 0. The number of hydrogen-bond donors (Lipinski definition) is 0. The summed E-state index contributed by atoms with van der Waals surface area (Å²) in [4.78, 5) is 0. The van der Waals surface area contributed by atoms with Crippen LogP contribution in [-0.2, 0) is 0 Å². The van der Waals surface area contributed by atoms with Gasteiger partial charge < -0.3 is 0 Å². The van der Waals surface area contributed by atoms with Crippen LogP contribution in [0, 0.1) is 40.4 Å². The Morgan fingerprint density at radius 1 is 1.00 bits per heavy atom. The third kappa shape index (κ3) is 2.24. The maximum atomic E-state index is 4.21. The van der Waals surface area contributed by atoms with E-state index in [1.807, 2.05) is 0 Å². The molecule has 6 rings (SSSR count). The summed E-state index contributed by atoms with van der Waals surface area (Å²) in [6.07, 6.45) is 9.42. The van der Waals surface area contributed by atoms with E-state index in [1.54, 1.807) is 5.57 Å². The van der Waals surface area contributed by atoms with Gasteiger partial charge in [-0.05, 0) is 72.5 Å². The lowest BCUT2D eigenvalue weighted by atomic mass is 9.45. The van der Waals surface area contributed by atoms with Gasteiger partial charge in [-0.3, -0.25) is 0 Å². The van der Waals surface area contributed by atoms with Gasteiger partial charge in [0.15, 0.2) is 0 Å². The predicted molar refractivity (Wildman–Crippen MR) is 96.7 cm³/mol. The van der Waals surface area contributed by atoms with Gasteiger partial charge in [0.25, 0.3) is 0 Å². The molecule has 0 N–H and O–H groups in total. The van der Waals surface area contributed by atoms with Crippen LogP contribution in [0.4, 0.5) is 0 Å². The largest absolute Gasteiger partial charge is 0.0993 e. The van der Waals surface area contributed by atoms with Crippen molar-refractivity contribution in [2.24, 2.45) is 40.4 Å². The van der Waals surface area contributed by atoms with Crippen molar-refractivity contribution in [1.29, 1.82) is 0 Å². The second kappa shape index (κ2) is 5.25. The Morgan fingerprint density at radius 3 is 1.95 bits per heavy atom. The Bertz CT molecular complexity index is 488. The van der Waals surface area contributed by atoms with Crippen molar-refractivity contribution in [1.82, 2.24) is 0 Å².